The van der Waals surface area contributed by atoms with Crippen molar-refractivity contribution < 1.29 is 4.73 Å². The summed E-state index contributed by atoms with van der Waals surface area (Å²) in [6.07, 6.45) is 5.52. The molecule has 0 aromatic carbocycles. The third-order valence-corrected chi connectivity index (χ3v) is 2.99. The summed E-state index contributed by atoms with van der Waals surface area (Å²) < 4.78 is 0.814. The zero-order valence-electron chi connectivity index (χ0n) is 8.06. The second kappa shape index (κ2) is 5.12. The molecule has 0 amide bonds. The Balaban J connectivity index is 2.49. The van der Waals surface area contributed by atoms with Crippen molar-refractivity contribution in [2.45, 2.75) is 36.8 Å². The van der Waals surface area contributed by atoms with E-state index >= 15 is 0 Å². The molecule has 72 valence electrons. The average Bonchev–Trinajstić information content (AvgIpc) is 2.09. The van der Waals surface area contributed by atoms with Gasteiger partial charge in [-0.3, -0.25) is 0 Å². The Kier molecular flexibility index (Phi) is 4.09. The number of hydrogen-bond donors (Lipinski definition) is 0. The lowest BCUT2D eigenvalue weighted by Gasteiger charge is -2.08. The molecule has 0 saturated heterocycles. The van der Waals surface area contributed by atoms with E-state index in [1.165, 1.54) is 17.7 Å². The van der Waals surface area contributed by atoms with E-state index in [2.05, 4.69) is 13.8 Å². The van der Waals surface area contributed by atoms with Crippen LogP contribution in [-0.4, -0.2) is 5.25 Å². The van der Waals surface area contributed by atoms with Crippen LogP contribution in [0.25, 0.3) is 0 Å². The molecule has 1 aromatic heterocycles. The maximum absolute atomic E-state index is 10.7. The van der Waals surface area contributed by atoms with Crippen LogP contribution in [0.1, 0.15) is 26.7 Å². The molecule has 0 fully saturated rings. The zero-order valence-corrected chi connectivity index (χ0v) is 8.88. The van der Waals surface area contributed by atoms with Crippen LogP contribution in [0.4, 0.5) is 0 Å². The van der Waals surface area contributed by atoms with Gasteiger partial charge in [-0.25, -0.2) is 0 Å². The van der Waals surface area contributed by atoms with Crippen LogP contribution in [-0.2, 0) is 0 Å². The quantitative estimate of drug-likeness (QED) is 0.421. The minimum atomic E-state index is 0.632. The number of pyridine rings is 1. The van der Waals surface area contributed by atoms with Gasteiger partial charge in [0.15, 0.2) is 12.4 Å². The summed E-state index contributed by atoms with van der Waals surface area (Å²) in [6.45, 7) is 4.40. The first kappa shape index (κ1) is 10.4. The van der Waals surface area contributed by atoms with Crippen molar-refractivity contribution in [1.29, 1.82) is 0 Å². The standard InChI is InChI=1S/C10H15NOS/c1-3-4-9(2)13-10-5-7-11(12)8-6-10/h5-9H,3-4H2,1-2H3/t9-/m1/s1. The molecule has 0 unspecified atom stereocenters. The first-order valence-corrected chi connectivity index (χ1v) is 5.46. The molecular formula is C10H15NOS. The van der Waals surface area contributed by atoms with Gasteiger partial charge >= 0.3 is 0 Å². The van der Waals surface area contributed by atoms with Gasteiger partial charge in [-0.05, 0) is 6.42 Å². The highest BCUT2D eigenvalue weighted by molar-refractivity contribution is 7.99. The van der Waals surface area contributed by atoms with E-state index in [-0.39, 0.29) is 0 Å². The van der Waals surface area contributed by atoms with Crippen LogP contribution < -0.4 is 4.73 Å². The SMILES string of the molecule is CCC[C@@H](C)Sc1cc[n+]([O-])cc1. The summed E-state index contributed by atoms with van der Waals surface area (Å²) in [7, 11) is 0. The first-order chi connectivity index (χ1) is 6.22. The molecule has 0 aliphatic carbocycles. The Hall–Kier alpha value is -0.700. The first-order valence-electron chi connectivity index (χ1n) is 4.58. The molecular weight excluding hydrogens is 182 g/mol. The van der Waals surface area contributed by atoms with Gasteiger partial charge in [0.25, 0.3) is 0 Å². The van der Waals surface area contributed by atoms with Crippen LogP contribution in [0.5, 0.6) is 0 Å². The van der Waals surface area contributed by atoms with Crippen LogP contribution in [0.2, 0.25) is 0 Å². The van der Waals surface area contributed by atoms with Gasteiger partial charge < -0.3 is 5.21 Å². The van der Waals surface area contributed by atoms with E-state index in [1.54, 1.807) is 12.4 Å². The van der Waals surface area contributed by atoms with Crippen molar-refractivity contribution in [1.82, 2.24) is 0 Å². The minimum absolute atomic E-state index is 0.632. The highest BCUT2D eigenvalue weighted by Crippen LogP contribution is 2.24. The summed E-state index contributed by atoms with van der Waals surface area (Å²) in [5.74, 6) is 0. The fourth-order valence-corrected chi connectivity index (χ4v) is 2.27. The summed E-state index contributed by atoms with van der Waals surface area (Å²) >= 11 is 1.82. The number of aromatic nitrogens is 1. The van der Waals surface area contributed by atoms with Gasteiger partial charge in [-0.1, -0.05) is 20.3 Å². The molecule has 0 bridgehead atoms. The monoisotopic (exact) mass is 197 g/mol. The van der Waals surface area contributed by atoms with Gasteiger partial charge in [0.05, 0.1) is 0 Å². The maximum Gasteiger partial charge on any atom is 0.181 e. The molecule has 1 rings (SSSR count). The predicted octanol–water partition coefficient (Wildman–Crippen LogP) is 2.60. The summed E-state index contributed by atoms with van der Waals surface area (Å²) in [5.41, 5.74) is 0. The van der Waals surface area contributed by atoms with Crippen LogP contribution in [0.15, 0.2) is 29.4 Å². The molecule has 0 radical (unpaired) electrons. The molecule has 1 aromatic rings. The van der Waals surface area contributed by atoms with E-state index in [9.17, 15) is 5.21 Å². The lowest BCUT2D eigenvalue weighted by atomic mass is 10.3. The fraction of sp³-hybridized carbons (Fsp3) is 0.500. The Morgan fingerprint density at radius 2 is 2.08 bits per heavy atom. The van der Waals surface area contributed by atoms with Crippen LogP contribution >= 0.6 is 11.8 Å². The van der Waals surface area contributed by atoms with Gasteiger partial charge in [0, 0.05) is 22.3 Å². The second-order valence-electron chi connectivity index (χ2n) is 3.11. The van der Waals surface area contributed by atoms with E-state index in [0.29, 0.717) is 5.25 Å². The van der Waals surface area contributed by atoms with Crippen molar-refractivity contribution in [3.63, 3.8) is 0 Å². The lowest BCUT2D eigenvalue weighted by molar-refractivity contribution is -0.605. The molecule has 1 heterocycles. The molecule has 0 N–H and O–H groups in total. The topological polar surface area (TPSA) is 26.9 Å². The molecule has 1 atom stereocenters. The zero-order chi connectivity index (χ0) is 9.68. The van der Waals surface area contributed by atoms with Gasteiger partial charge in [-0.15, -0.1) is 11.8 Å². The predicted molar refractivity (Wildman–Crippen MR) is 55.6 cm³/mol. The number of rotatable bonds is 4. The highest BCUT2D eigenvalue weighted by Gasteiger charge is 2.03. The van der Waals surface area contributed by atoms with E-state index in [4.69, 9.17) is 0 Å². The highest BCUT2D eigenvalue weighted by atomic mass is 32.2. The van der Waals surface area contributed by atoms with Gasteiger partial charge in [0.2, 0.25) is 0 Å². The molecule has 0 saturated carbocycles. The molecule has 0 spiro atoms. The summed E-state index contributed by atoms with van der Waals surface area (Å²) in [5, 5.41) is 11.4. The van der Waals surface area contributed by atoms with Crippen molar-refractivity contribution in [2.75, 3.05) is 0 Å². The lowest BCUT2D eigenvalue weighted by Crippen LogP contribution is -2.23. The molecule has 13 heavy (non-hydrogen) atoms. The van der Waals surface area contributed by atoms with Gasteiger partial charge in [0.1, 0.15) is 0 Å². The summed E-state index contributed by atoms with van der Waals surface area (Å²) in [6, 6.07) is 3.73. The number of thioether (sulfide) groups is 1. The van der Waals surface area contributed by atoms with Crippen LogP contribution in [0, 0.1) is 5.21 Å². The largest absolute Gasteiger partial charge is 0.619 e. The third-order valence-electron chi connectivity index (χ3n) is 1.80. The number of hydrogen-bond acceptors (Lipinski definition) is 2. The van der Waals surface area contributed by atoms with Crippen molar-refractivity contribution in [3.8, 4) is 0 Å². The average molecular weight is 197 g/mol. The summed E-state index contributed by atoms with van der Waals surface area (Å²) in [4.78, 5) is 1.17. The van der Waals surface area contributed by atoms with Gasteiger partial charge in [-0.2, -0.15) is 4.73 Å². The molecule has 2 nitrogen and oxygen atoms in total. The second-order valence-corrected chi connectivity index (χ2v) is 4.62. The van der Waals surface area contributed by atoms with E-state index in [0.717, 1.165) is 4.73 Å². The van der Waals surface area contributed by atoms with Crippen molar-refractivity contribution in [3.05, 3.63) is 29.7 Å². The smallest absolute Gasteiger partial charge is 0.181 e. The van der Waals surface area contributed by atoms with E-state index in [1.807, 2.05) is 23.9 Å². The maximum atomic E-state index is 10.7. The molecule has 0 aliphatic heterocycles. The Bertz CT molecular complexity index is 248. The Morgan fingerprint density at radius 1 is 1.46 bits per heavy atom. The minimum Gasteiger partial charge on any atom is -0.619 e. The fourth-order valence-electron chi connectivity index (χ4n) is 1.18. The van der Waals surface area contributed by atoms with E-state index < -0.39 is 0 Å². The van der Waals surface area contributed by atoms with Crippen molar-refractivity contribution >= 4 is 11.8 Å². The molecule has 3 heteroatoms. The Morgan fingerprint density at radius 3 is 2.62 bits per heavy atom. The number of nitrogens with zero attached hydrogens (tertiary/aromatic N) is 1. The third kappa shape index (κ3) is 3.68. The Labute approximate surface area is 83.6 Å². The van der Waals surface area contributed by atoms with Crippen molar-refractivity contribution in [2.24, 2.45) is 0 Å². The van der Waals surface area contributed by atoms with Crippen LogP contribution in [0.3, 0.4) is 0 Å². The normalized spacial score (nSPS) is 12.8. The molecule has 0 aliphatic rings.